The molecule has 0 aliphatic carbocycles. The lowest BCUT2D eigenvalue weighted by atomic mass is 10.1. The highest BCUT2D eigenvalue weighted by atomic mass is 35.5. The molecule has 5 heteroatoms. The van der Waals surface area contributed by atoms with Gasteiger partial charge in [-0.1, -0.05) is 20.3 Å². The van der Waals surface area contributed by atoms with Gasteiger partial charge >= 0.3 is 0 Å². The van der Waals surface area contributed by atoms with E-state index in [9.17, 15) is 4.79 Å². The molecule has 1 heterocycles. The highest BCUT2D eigenvalue weighted by molar-refractivity contribution is 7.14. The van der Waals surface area contributed by atoms with Gasteiger partial charge in [-0.2, -0.15) is 0 Å². The van der Waals surface area contributed by atoms with Gasteiger partial charge in [0, 0.05) is 17.0 Å². The van der Waals surface area contributed by atoms with E-state index in [4.69, 9.17) is 5.73 Å². The second-order valence-electron chi connectivity index (χ2n) is 5.20. The van der Waals surface area contributed by atoms with Crippen molar-refractivity contribution in [1.82, 2.24) is 5.32 Å². The highest BCUT2D eigenvalue weighted by Gasteiger charge is 2.21. The first kappa shape index (κ1) is 18.4. The van der Waals surface area contributed by atoms with E-state index in [1.807, 2.05) is 19.9 Å². The minimum atomic E-state index is -0.349. The van der Waals surface area contributed by atoms with E-state index in [0.29, 0.717) is 6.54 Å². The molecule has 0 spiro atoms. The Bertz CT molecular complexity index is 416. The molecule has 0 bridgehead atoms. The van der Waals surface area contributed by atoms with Crippen molar-refractivity contribution in [1.29, 1.82) is 0 Å². The van der Waals surface area contributed by atoms with Gasteiger partial charge in [0.25, 0.3) is 5.91 Å². The number of nitrogens with two attached hydrogens (primary N) is 1. The zero-order valence-corrected chi connectivity index (χ0v) is 13.8. The van der Waals surface area contributed by atoms with Gasteiger partial charge in [0.2, 0.25) is 0 Å². The van der Waals surface area contributed by atoms with E-state index < -0.39 is 0 Å². The van der Waals surface area contributed by atoms with Gasteiger partial charge in [0.15, 0.2) is 0 Å². The van der Waals surface area contributed by atoms with E-state index in [1.165, 1.54) is 10.4 Å². The minimum Gasteiger partial charge on any atom is -0.345 e. The van der Waals surface area contributed by atoms with E-state index >= 15 is 0 Å². The Labute approximate surface area is 126 Å². The third-order valence-electron chi connectivity index (χ3n) is 2.94. The van der Waals surface area contributed by atoms with Crippen LogP contribution in [0.4, 0.5) is 0 Å². The van der Waals surface area contributed by atoms with Crippen molar-refractivity contribution in [3.8, 4) is 0 Å². The zero-order valence-electron chi connectivity index (χ0n) is 12.2. The summed E-state index contributed by atoms with van der Waals surface area (Å²) < 4.78 is 0. The third kappa shape index (κ3) is 5.13. The number of carbonyl (C=O) groups is 1. The second kappa shape index (κ2) is 7.88. The van der Waals surface area contributed by atoms with Gasteiger partial charge in [-0.05, 0) is 38.3 Å². The van der Waals surface area contributed by atoms with Gasteiger partial charge < -0.3 is 11.1 Å². The molecular formula is C14H25ClN2OS. The van der Waals surface area contributed by atoms with Crippen LogP contribution >= 0.6 is 23.7 Å². The standard InChI is InChI=1S/C14H24N2OS.ClH/c1-5-7-11-10(6-2)8-12(18-11)13(17)16-14(3,4)9-15;/h8H,5-7,9,15H2,1-4H3,(H,16,17);1H. The minimum absolute atomic E-state index is 0. The number of rotatable bonds is 6. The molecule has 110 valence electrons. The van der Waals surface area contributed by atoms with E-state index in [-0.39, 0.29) is 23.9 Å². The molecule has 0 saturated heterocycles. The fraction of sp³-hybridized carbons (Fsp3) is 0.643. The normalized spacial score (nSPS) is 11.0. The summed E-state index contributed by atoms with van der Waals surface area (Å²) in [4.78, 5) is 14.3. The molecule has 0 radical (unpaired) electrons. The molecular weight excluding hydrogens is 280 g/mol. The van der Waals surface area contributed by atoms with Crippen molar-refractivity contribution < 1.29 is 4.79 Å². The quantitative estimate of drug-likeness (QED) is 0.848. The molecule has 1 aromatic heterocycles. The van der Waals surface area contributed by atoms with Crippen LogP contribution in [0.25, 0.3) is 0 Å². The maximum absolute atomic E-state index is 12.1. The third-order valence-corrected chi connectivity index (χ3v) is 4.18. The topological polar surface area (TPSA) is 55.1 Å². The molecule has 0 unspecified atom stereocenters. The number of carbonyl (C=O) groups excluding carboxylic acids is 1. The molecule has 1 amide bonds. The van der Waals surface area contributed by atoms with Gasteiger partial charge in [-0.25, -0.2) is 0 Å². The maximum atomic E-state index is 12.1. The Kier molecular flexibility index (Phi) is 7.64. The van der Waals surface area contributed by atoms with E-state index in [1.54, 1.807) is 11.3 Å². The fourth-order valence-corrected chi connectivity index (χ4v) is 2.99. The van der Waals surface area contributed by atoms with Gasteiger partial charge in [-0.15, -0.1) is 23.7 Å². The van der Waals surface area contributed by atoms with Crippen LogP contribution in [-0.2, 0) is 12.8 Å². The number of amides is 1. The average molecular weight is 305 g/mol. The van der Waals surface area contributed by atoms with Crippen LogP contribution in [0.3, 0.4) is 0 Å². The Morgan fingerprint density at radius 2 is 2.05 bits per heavy atom. The van der Waals surface area contributed by atoms with Gasteiger partial charge in [0.05, 0.1) is 4.88 Å². The van der Waals surface area contributed by atoms with Crippen LogP contribution in [0.5, 0.6) is 0 Å². The Balaban J connectivity index is 0.00000324. The average Bonchev–Trinajstić information content (AvgIpc) is 2.72. The lowest BCUT2D eigenvalue weighted by molar-refractivity contribution is 0.0920. The molecule has 19 heavy (non-hydrogen) atoms. The molecule has 0 fully saturated rings. The van der Waals surface area contributed by atoms with Crippen molar-refractivity contribution >= 4 is 29.7 Å². The molecule has 1 aromatic rings. The van der Waals surface area contributed by atoms with E-state index in [2.05, 4.69) is 19.2 Å². The monoisotopic (exact) mass is 304 g/mol. The number of thiophene rings is 1. The molecule has 0 aromatic carbocycles. The summed E-state index contributed by atoms with van der Waals surface area (Å²) in [6.45, 7) is 8.61. The summed E-state index contributed by atoms with van der Waals surface area (Å²) in [6, 6.07) is 2.03. The molecule has 0 atom stereocenters. The van der Waals surface area contributed by atoms with Crippen LogP contribution in [0.15, 0.2) is 6.07 Å². The molecule has 0 aliphatic rings. The fourth-order valence-electron chi connectivity index (χ4n) is 1.74. The summed E-state index contributed by atoms with van der Waals surface area (Å²) in [6.07, 6.45) is 3.16. The van der Waals surface area contributed by atoms with Crippen LogP contribution in [0.1, 0.15) is 54.2 Å². The summed E-state index contributed by atoms with van der Waals surface area (Å²) in [7, 11) is 0. The number of hydrogen-bond donors (Lipinski definition) is 2. The van der Waals surface area contributed by atoms with Gasteiger partial charge in [0.1, 0.15) is 0 Å². The predicted molar refractivity (Wildman–Crippen MR) is 85.5 cm³/mol. The van der Waals surface area contributed by atoms with Crippen LogP contribution in [0, 0.1) is 0 Å². The first-order valence-electron chi connectivity index (χ1n) is 6.57. The summed E-state index contributed by atoms with van der Waals surface area (Å²) in [5.74, 6) is -0.00694. The Hall–Kier alpha value is -0.580. The lowest BCUT2D eigenvalue weighted by Gasteiger charge is -2.23. The van der Waals surface area contributed by atoms with Crippen molar-refractivity contribution in [2.75, 3.05) is 6.54 Å². The molecule has 3 nitrogen and oxygen atoms in total. The molecule has 3 N–H and O–H groups in total. The number of nitrogens with one attached hydrogen (secondary N) is 1. The number of aryl methyl sites for hydroxylation is 2. The summed E-state index contributed by atoms with van der Waals surface area (Å²) in [5.41, 5.74) is 6.58. The van der Waals surface area contributed by atoms with Crippen molar-refractivity contribution in [2.24, 2.45) is 5.73 Å². The molecule has 0 saturated carbocycles. The first-order chi connectivity index (χ1) is 8.43. The highest BCUT2D eigenvalue weighted by Crippen LogP contribution is 2.25. The van der Waals surface area contributed by atoms with Gasteiger partial charge in [-0.3, -0.25) is 4.79 Å². The Morgan fingerprint density at radius 1 is 1.42 bits per heavy atom. The zero-order chi connectivity index (χ0) is 13.8. The SMILES string of the molecule is CCCc1sc(C(=O)NC(C)(C)CN)cc1CC.Cl. The summed E-state index contributed by atoms with van der Waals surface area (Å²) in [5, 5.41) is 2.98. The van der Waals surface area contributed by atoms with Crippen molar-refractivity contribution in [2.45, 2.75) is 52.5 Å². The smallest absolute Gasteiger partial charge is 0.261 e. The molecule has 1 rings (SSSR count). The Morgan fingerprint density at radius 3 is 2.53 bits per heavy atom. The predicted octanol–water partition coefficient (Wildman–Crippen LogP) is 3.15. The summed E-state index contributed by atoms with van der Waals surface area (Å²) >= 11 is 1.62. The lowest BCUT2D eigenvalue weighted by Crippen LogP contribution is -2.48. The van der Waals surface area contributed by atoms with Crippen LogP contribution < -0.4 is 11.1 Å². The van der Waals surface area contributed by atoms with Crippen LogP contribution in [0.2, 0.25) is 0 Å². The maximum Gasteiger partial charge on any atom is 0.261 e. The largest absolute Gasteiger partial charge is 0.345 e. The van der Waals surface area contributed by atoms with Crippen molar-refractivity contribution in [3.63, 3.8) is 0 Å². The molecule has 0 aliphatic heterocycles. The number of hydrogen-bond acceptors (Lipinski definition) is 3. The number of halogens is 1. The van der Waals surface area contributed by atoms with Crippen LogP contribution in [-0.4, -0.2) is 18.0 Å². The first-order valence-corrected chi connectivity index (χ1v) is 7.39. The van der Waals surface area contributed by atoms with E-state index in [0.717, 1.165) is 24.1 Å². The van der Waals surface area contributed by atoms with Crippen molar-refractivity contribution in [3.05, 3.63) is 21.4 Å². The second-order valence-corrected chi connectivity index (χ2v) is 6.34.